The number of rotatable bonds is 4. The summed E-state index contributed by atoms with van der Waals surface area (Å²) in [5.74, 6) is 0.756. The van der Waals surface area contributed by atoms with Gasteiger partial charge in [0.2, 0.25) is 0 Å². The number of amides is 1. The average Bonchev–Trinajstić information content (AvgIpc) is 2.79. The average molecular weight is 383 g/mol. The molecule has 0 aliphatic carbocycles. The standard InChI is InChI=1S/C21H25N3O4/c25-15-18-20(16-4-2-1-3-5-16)24(10-13-28-18)21(26)17-6-7-19(22-14-17)23-8-11-27-12-9-23/h1-7,14,18,20,25H,8-13,15H2/t18-,20-/m0/s1. The van der Waals surface area contributed by atoms with E-state index in [0.29, 0.717) is 31.9 Å². The summed E-state index contributed by atoms with van der Waals surface area (Å²) in [7, 11) is 0. The Morgan fingerprint density at radius 3 is 2.54 bits per heavy atom. The first-order valence-corrected chi connectivity index (χ1v) is 9.65. The second-order valence-corrected chi connectivity index (χ2v) is 6.95. The van der Waals surface area contributed by atoms with Crippen molar-refractivity contribution in [3.8, 4) is 0 Å². The fraction of sp³-hybridized carbons (Fsp3) is 0.429. The molecule has 2 aliphatic rings. The molecule has 7 nitrogen and oxygen atoms in total. The Hall–Kier alpha value is -2.48. The van der Waals surface area contributed by atoms with Crippen molar-refractivity contribution in [1.82, 2.24) is 9.88 Å². The van der Waals surface area contributed by atoms with Crippen LogP contribution in [0, 0.1) is 0 Å². The van der Waals surface area contributed by atoms with Crippen LogP contribution in [0.5, 0.6) is 0 Å². The molecule has 0 unspecified atom stereocenters. The number of anilines is 1. The first kappa shape index (κ1) is 18.9. The van der Waals surface area contributed by atoms with E-state index in [-0.39, 0.29) is 18.6 Å². The zero-order chi connectivity index (χ0) is 19.3. The zero-order valence-electron chi connectivity index (χ0n) is 15.7. The molecule has 148 valence electrons. The molecule has 2 aliphatic heterocycles. The van der Waals surface area contributed by atoms with Crippen molar-refractivity contribution < 1.29 is 19.4 Å². The van der Waals surface area contributed by atoms with Crippen molar-refractivity contribution in [2.75, 3.05) is 51.0 Å². The highest BCUT2D eigenvalue weighted by atomic mass is 16.5. The number of ether oxygens (including phenoxy) is 2. The maximum absolute atomic E-state index is 13.2. The fourth-order valence-electron chi connectivity index (χ4n) is 3.82. The molecule has 2 saturated heterocycles. The van der Waals surface area contributed by atoms with Crippen LogP contribution in [0.3, 0.4) is 0 Å². The van der Waals surface area contributed by atoms with Crippen molar-refractivity contribution in [1.29, 1.82) is 0 Å². The van der Waals surface area contributed by atoms with Gasteiger partial charge in [-0.05, 0) is 17.7 Å². The summed E-state index contributed by atoms with van der Waals surface area (Å²) in [6, 6.07) is 13.1. The number of nitrogens with zero attached hydrogens (tertiary/aromatic N) is 3. The van der Waals surface area contributed by atoms with Gasteiger partial charge < -0.3 is 24.4 Å². The largest absolute Gasteiger partial charge is 0.394 e. The third-order valence-corrected chi connectivity index (χ3v) is 5.26. The molecule has 1 amide bonds. The normalized spacial score (nSPS) is 22.9. The number of aromatic nitrogens is 1. The lowest BCUT2D eigenvalue weighted by atomic mass is 9.97. The highest BCUT2D eigenvalue weighted by Gasteiger charge is 2.36. The van der Waals surface area contributed by atoms with E-state index in [0.717, 1.165) is 24.5 Å². The Morgan fingerprint density at radius 2 is 1.86 bits per heavy atom. The van der Waals surface area contributed by atoms with Gasteiger partial charge in [0.1, 0.15) is 11.9 Å². The van der Waals surface area contributed by atoms with Crippen molar-refractivity contribution >= 4 is 11.7 Å². The predicted molar refractivity (Wildman–Crippen MR) is 104 cm³/mol. The molecule has 28 heavy (non-hydrogen) atoms. The number of carbonyl (C=O) groups excluding carboxylic acids is 1. The topological polar surface area (TPSA) is 75.1 Å². The number of hydrogen-bond donors (Lipinski definition) is 1. The van der Waals surface area contributed by atoms with Crippen molar-refractivity contribution in [3.05, 3.63) is 59.8 Å². The van der Waals surface area contributed by atoms with Crippen LogP contribution in [0.1, 0.15) is 22.0 Å². The van der Waals surface area contributed by atoms with Crippen LogP contribution in [-0.4, -0.2) is 73.1 Å². The van der Waals surface area contributed by atoms with Crippen molar-refractivity contribution in [3.63, 3.8) is 0 Å². The van der Waals surface area contributed by atoms with Gasteiger partial charge in [0.05, 0.1) is 38.0 Å². The molecule has 2 fully saturated rings. The Kier molecular flexibility index (Phi) is 5.85. The Balaban J connectivity index is 1.56. The molecule has 2 atom stereocenters. The number of pyridine rings is 1. The van der Waals surface area contributed by atoms with Crippen LogP contribution in [0.4, 0.5) is 5.82 Å². The molecule has 0 saturated carbocycles. The molecule has 4 rings (SSSR count). The summed E-state index contributed by atoms with van der Waals surface area (Å²) in [5, 5.41) is 9.78. The first-order valence-electron chi connectivity index (χ1n) is 9.65. The number of benzene rings is 1. The van der Waals surface area contributed by atoms with Gasteiger partial charge in [-0.1, -0.05) is 30.3 Å². The van der Waals surface area contributed by atoms with Gasteiger partial charge in [0.25, 0.3) is 5.91 Å². The van der Waals surface area contributed by atoms with Crippen LogP contribution in [0.25, 0.3) is 0 Å². The number of aliphatic hydroxyl groups excluding tert-OH is 1. The van der Waals surface area contributed by atoms with Gasteiger partial charge in [0, 0.05) is 25.8 Å². The number of hydrogen-bond acceptors (Lipinski definition) is 6. The molecule has 1 aromatic carbocycles. The van der Waals surface area contributed by atoms with E-state index in [4.69, 9.17) is 9.47 Å². The maximum atomic E-state index is 13.2. The summed E-state index contributed by atoms with van der Waals surface area (Å²) in [5.41, 5.74) is 1.49. The Bertz CT molecular complexity index is 778. The lowest BCUT2D eigenvalue weighted by Gasteiger charge is -2.41. The first-order chi connectivity index (χ1) is 13.8. The summed E-state index contributed by atoms with van der Waals surface area (Å²) < 4.78 is 11.1. The molecule has 1 aromatic heterocycles. The summed E-state index contributed by atoms with van der Waals surface area (Å²) >= 11 is 0. The quantitative estimate of drug-likeness (QED) is 0.862. The van der Waals surface area contributed by atoms with Crippen LogP contribution in [-0.2, 0) is 9.47 Å². The van der Waals surface area contributed by atoms with E-state index in [1.54, 1.807) is 11.1 Å². The molecule has 3 heterocycles. The van der Waals surface area contributed by atoms with Crippen LogP contribution in [0.15, 0.2) is 48.7 Å². The summed E-state index contributed by atoms with van der Waals surface area (Å²) in [4.78, 5) is 21.7. The Labute approximate surface area is 164 Å². The summed E-state index contributed by atoms with van der Waals surface area (Å²) in [6.07, 6.45) is 1.19. The van der Waals surface area contributed by atoms with Crippen LogP contribution in [0.2, 0.25) is 0 Å². The van der Waals surface area contributed by atoms with Gasteiger partial charge in [-0.25, -0.2) is 4.98 Å². The molecule has 0 spiro atoms. The van der Waals surface area contributed by atoms with E-state index in [2.05, 4.69) is 9.88 Å². The number of aliphatic hydroxyl groups is 1. The van der Waals surface area contributed by atoms with Crippen LogP contribution >= 0.6 is 0 Å². The maximum Gasteiger partial charge on any atom is 0.256 e. The fourth-order valence-corrected chi connectivity index (χ4v) is 3.82. The highest BCUT2D eigenvalue weighted by Crippen LogP contribution is 2.31. The Morgan fingerprint density at radius 1 is 1.07 bits per heavy atom. The minimum absolute atomic E-state index is 0.100. The van der Waals surface area contributed by atoms with Gasteiger partial charge in [-0.2, -0.15) is 0 Å². The second kappa shape index (κ2) is 8.68. The van der Waals surface area contributed by atoms with Gasteiger partial charge in [0.15, 0.2) is 0 Å². The van der Waals surface area contributed by atoms with Gasteiger partial charge >= 0.3 is 0 Å². The van der Waals surface area contributed by atoms with Gasteiger partial charge in [-0.15, -0.1) is 0 Å². The zero-order valence-corrected chi connectivity index (χ0v) is 15.7. The summed E-state index contributed by atoms with van der Waals surface area (Å²) in [6.45, 7) is 3.72. The van der Waals surface area contributed by atoms with E-state index in [1.165, 1.54) is 0 Å². The number of carbonyl (C=O) groups is 1. The lowest BCUT2D eigenvalue weighted by Crippen LogP contribution is -2.49. The number of morpholine rings is 2. The van der Waals surface area contributed by atoms with Crippen LogP contribution < -0.4 is 4.90 Å². The van der Waals surface area contributed by atoms with Crippen molar-refractivity contribution in [2.24, 2.45) is 0 Å². The molecule has 0 radical (unpaired) electrons. The third kappa shape index (κ3) is 3.87. The molecular weight excluding hydrogens is 358 g/mol. The third-order valence-electron chi connectivity index (χ3n) is 5.26. The molecule has 7 heteroatoms. The smallest absolute Gasteiger partial charge is 0.256 e. The SMILES string of the molecule is O=C(c1ccc(N2CCOCC2)nc1)N1CCO[C@@H](CO)[C@@H]1c1ccccc1. The molecule has 2 aromatic rings. The lowest BCUT2D eigenvalue weighted by molar-refractivity contribution is -0.0811. The predicted octanol–water partition coefficient (Wildman–Crippen LogP) is 1.49. The monoisotopic (exact) mass is 383 g/mol. The molecule has 1 N–H and O–H groups in total. The highest BCUT2D eigenvalue weighted by molar-refractivity contribution is 5.94. The van der Waals surface area contributed by atoms with Crippen molar-refractivity contribution in [2.45, 2.75) is 12.1 Å². The molecule has 0 bridgehead atoms. The second-order valence-electron chi connectivity index (χ2n) is 6.95. The van der Waals surface area contributed by atoms with E-state index in [1.807, 2.05) is 42.5 Å². The minimum atomic E-state index is -0.444. The van der Waals surface area contributed by atoms with E-state index >= 15 is 0 Å². The molecular formula is C21H25N3O4. The van der Waals surface area contributed by atoms with E-state index < -0.39 is 6.10 Å². The minimum Gasteiger partial charge on any atom is -0.394 e. The van der Waals surface area contributed by atoms with Gasteiger partial charge in [-0.3, -0.25) is 4.79 Å². The van der Waals surface area contributed by atoms with E-state index in [9.17, 15) is 9.90 Å².